The standard InChI is InChI=1S/C11H12BrF3/c12-8-10(7-11(13,14)15)6-9-4-2-1-3-5-9/h1-5,10H,6-8H2/t10-/m1/s1. The zero-order chi connectivity index (χ0) is 11.3. The van der Waals surface area contributed by atoms with E-state index in [1.165, 1.54) is 0 Å². The van der Waals surface area contributed by atoms with E-state index in [0.717, 1.165) is 5.56 Å². The minimum Gasteiger partial charge on any atom is -0.171 e. The summed E-state index contributed by atoms with van der Waals surface area (Å²) >= 11 is 3.13. The Morgan fingerprint density at radius 2 is 1.73 bits per heavy atom. The number of alkyl halides is 4. The molecule has 1 atom stereocenters. The first-order valence-electron chi connectivity index (χ1n) is 4.68. The molecule has 0 nitrogen and oxygen atoms in total. The van der Waals surface area contributed by atoms with Crippen molar-refractivity contribution < 1.29 is 13.2 Å². The predicted molar refractivity (Wildman–Crippen MR) is 58.1 cm³/mol. The highest BCUT2D eigenvalue weighted by Crippen LogP contribution is 2.27. The van der Waals surface area contributed by atoms with Gasteiger partial charge in [-0.2, -0.15) is 13.2 Å². The van der Waals surface area contributed by atoms with Crippen LogP contribution in [0.1, 0.15) is 12.0 Å². The topological polar surface area (TPSA) is 0 Å². The van der Waals surface area contributed by atoms with Crippen LogP contribution >= 0.6 is 15.9 Å². The van der Waals surface area contributed by atoms with Gasteiger partial charge in [0.2, 0.25) is 0 Å². The molecule has 0 fully saturated rings. The lowest BCUT2D eigenvalue weighted by molar-refractivity contribution is -0.142. The second-order valence-electron chi connectivity index (χ2n) is 3.53. The van der Waals surface area contributed by atoms with Crippen LogP contribution in [-0.4, -0.2) is 11.5 Å². The Hall–Kier alpha value is -0.510. The molecule has 0 N–H and O–H groups in total. The maximum Gasteiger partial charge on any atom is 0.389 e. The van der Waals surface area contributed by atoms with Gasteiger partial charge in [0, 0.05) is 11.8 Å². The lowest BCUT2D eigenvalue weighted by atomic mass is 9.98. The van der Waals surface area contributed by atoms with E-state index in [9.17, 15) is 13.2 Å². The molecule has 0 radical (unpaired) electrons. The summed E-state index contributed by atoms with van der Waals surface area (Å²) in [5.41, 5.74) is 0.950. The van der Waals surface area contributed by atoms with Crippen LogP contribution in [0.25, 0.3) is 0 Å². The van der Waals surface area contributed by atoms with E-state index in [4.69, 9.17) is 0 Å². The average molecular weight is 281 g/mol. The van der Waals surface area contributed by atoms with Crippen LogP contribution in [0, 0.1) is 5.92 Å². The fraction of sp³-hybridized carbons (Fsp3) is 0.455. The van der Waals surface area contributed by atoms with Crippen molar-refractivity contribution in [2.45, 2.75) is 19.0 Å². The van der Waals surface area contributed by atoms with E-state index in [1.54, 1.807) is 0 Å². The van der Waals surface area contributed by atoms with Gasteiger partial charge in [-0.25, -0.2) is 0 Å². The normalized spacial score (nSPS) is 13.9. The first kappa shape index (κ1) is 12.6. The Kier molecular flexibility index (Phi) is 4.64. The van der Waals surface area contributed by atoms with Crippen molar-refractivity contribution >= 4 is 15.9 Å². The zero-order valence-corrected chi connectivity index (χ0v) is 9.68. The fourth-order valence-corrected chi connectivity index (χ4v) is 1.91. The van der Waals surface area contributed by atoms with Crippen LogP contribution in [-0.2, 0) is 6.42 Å². The minimum atomic E-state index is -4.08. The Morgan fingerprint density at radius 3 is 2.20 bits per heavy atom. The molecule has 1 aromatic carbocycles. The molecule has 0 aliphatic rings. The maximum absolute atomic E-state index is 12.2. The lowest BCUT2D eigenvalue weighted by Gasteiger charge is -2.16. The molecule has 0 saturated carbocycles. The van der Waals surface area contributed by atoms with Crippen molar-refractivity contribution in [2.24, 2.45) is 5.92 Å². The molecule has 4 heteroatoms. The van der Waals surface area contributed by atoms with Crippen molar-refractivity contribution in [1.29, 1.82) is 0 Å². The molecule has 84 valence electrons. The zero-order valence-electron chi connectivity index (χ0n) is 8.10. The summed E-state index contributed by atoms with van der Waals surface area (Å²) in [5, 5.41) is 0.376. The van der Waals surface area contributed by atoms with Crippen LogP contribution in [0.15, 0.2) is 30.3 Å². The molecule has 0 heterocycles. The number of hydrogen-bond donors (Lipinski definition) is 0. The quantitative estimate of drug-likeness (QED) is 0.726. The lowest BCUT2D eigenvalue weighted by Crippen LogP contribution is -2.18. The summed E-state index contributed by atoms with van der Waals surface area (Å²) in [6.07, 6.45) is -4.34. The average Bonchev–Trinajstić information content (AvgIpc) is 2.16. The molecule has 15 heavy (non-hydrogen) atoms. The van der Waals surface area contributed by atoms with E-state index < -0.39 is 12.6 Å². The first-order chi connectivity index (χ1) is 7.01. The van der Waals surface area contributed by atoms with Crippen molar-refractivity contribution in [2.75, 3.05) is 5.33 Å². The van der Waals surface area contributed by atoms with Crippen LogP contribution < -0.4 is 0 Å². The van der Waals surface area contributed by atoms with Gasteiger partial charge in [0.15, 0.2) is 0 Å². The van der Waals surface area contributed by atoms with Crippen LogP contribution in [0.3, 0.4) is 0 Å². The van der Waals surface area contributed by atoms with Gasteiger partial charge in [-0.1, -0.05) is 46.3 Å². The molecule has 0 saturated heterocycles. The molecule has 0 unspecified atom stereocenters. The summed E-state index contributed by atoms with van der Waals surface area (Å²) in [4.78, 5) is 0. The van der Waals surface area contributed by atoms with Gasteiger partial charge in [0.1, 0.15) is 0 Å². The first-order valence-corrected chi connectivity index (χ1v) is 5.80. The third-order valence-corrected chi connectivity index (χ3v) is 3.02. The smallest absolute Gasteiger partial charge is 0.171 e. The summed E-state index contributed by atoms with van der Waals surface area (Å²) in [6.45, 7) is 0. The molecule has 1 rings (SSSR count). The van der Waals surface area contributed by atoms with Crippen LogP contribution in [0.5, 0.6) is 0 Å². The van der Waals surface area contributed by atoms with Gasteiger partial charge in [0.05, 0.1) is 0 Å². The Morgan fingerprint density at radius 1 is 1.13 bits per heavy atom. The van der Waals surface area contributed by atoms with Crippen LogP contribution in [0.2, 0.25) is 0 Å². The van der Waals surface area contributed by atoms with E-state index in [0.29, 0.717) is 11.8 Å². The highest BCUT2D eigenvalue weighted by atomic mass is 79.9. The third kappa shape index (κ3) is 5.21. The van der Waals surface area contributed by atoms with E-state index in [-0.39, 0.29) is 5.92 Å². The molecule has 0 bridgehead atoms. The van der Waals surface area contributed by atoms with Gasteiger partial charge < -0.3 is 0 Å². The predicted octanol–water partition coefficient (Wildman–Crippen LogP) is 4.19. The van der Waals surface area contributed by atoms with Crippen LogP contribution in [0.4, 0.5) is 13.2 Å². The fourth-order valence-electron chi connectivity index (χ4n) is 1.46. The van der Waals surface area contributed by atoms with Crippen molar-refractivity contribution in [3.63, 3.8) is 0 Å². The van der Waals surface area contributed by atoms with Gasteiger partial charge in [-0.15, -0.1) is 0 Å². The van der Waals surface area contributed by atoms with E-state index in [1.807, 2.05) is 30.3 Å². The number of hydrogen-bond acceptors (Lipinski definition) is 0. The largest absolute Gasteiger partial charge is 0.389 e. The minimum absolute atomic E-state index is 0.376. The summed E-state index contributed by atoms with van der Waals surface area (Å²) in [6, 6.07) is 9.25. The molecular formula is C11H12BrF3. The monoisotopic (exact) mass is 280 g/mol. The number of halogens is 4. The summed E-state index contributed by atoms with van der Waals surface area (Å²) in [7, 11) is 0. The summed E-state index contributed by atoms with van der Waals surface area (Å²) < 4.78 is 36.5. The van der Waals surface area contributed by atoms with Gasteiger partial charge in [0.25, 0.3) is 0 Å². The van der Waals surface area contributed by atoms with Gasteiger partial charge in [-0.05, 0) is 17.9 Å². The van der Waals surface area contributed by atoms with Crippen molar-refractivity contribution in [1.82, 2.24) is 0 Å². The molecule has 0 aliphatic carbocycles. The SMILES string of the molecule is FC(F)(F)C[C@H](CBr)Cc1ccccc1. The van der Waals surface area contributed by atoms with Crippen molar-refractivity contribution in [3.05, 3.63) is 35.9 Å². The molecule has 0 spiro atoms. The second kappa shape index (κ2) is 5.54. The highest BCUT2D eigenvalue weighted by Gasteiger charge is 2.31. The second-order valence-corrected chi connectivity index (χ2v) is 4.18. The van der Waals surface area contributed by atoms with Gasteiger partial charge in [-0.3, -0.25) is 0 Å². The maximum atomic E-state index is 12.2. The molecule has 0 aliphatic heterocycles. The number of rotatable bonds is 4. The molecular weight excluding hydrogens is 269 g/mol. The van der Waals surface area contributed by atoms with Crippen molar-refractivity contribution in [3.8, 4) is 0 Å². The molecule has 1 aromatic rings. The van der Waals surface area contributed by atoms with E-state index >= 15 is 0 Å². The Labute approximate surface area is 95.6 Å². The van der Waals surface area contributed by atoms with E-state index in [2.05, 4.69) is 15.9 Å². The third-order valence-electron chi connectivity index (χ3n) is 2.11. The highest BCUT2D eigenvalue weighted by molar-refractivity contribution is 9.09. The summed E-state index contributed by atoms with van der Waals surface area (Å²) in [5.74, 6) is -0.382. The Bertz CT molecular complexity index is 282. The Balaban J connectivity index is 2.55. The van der Waals surface area contributed by atoms with Gasteiger partial charge >= 0.3 is 6.18 Å². The molecule has 0 aromatic heterocycles. The molecule has 0 amide bonds. The number of benzene rings is 1.